The van der Waals surface area contributed by atoms with E-state index < -0.39 is 4.92 Å². The molecule has 0 spiro atoms. The van der Waals surface area contributed by atoms with Crippen LogP contribution in [0.2, 0.25) is 0 Å². The predicted molar refractivity (Wildman–Crippen MR) is 80.9 cm³/mol. The van der Waals surface area contributed by atoms with Crippen LogP contribution >= 0.6 is 0 Å². The Labute approximate surface area is 124 Å². The second-order valence-corrected chi connectivity index (χ2v) is 5.68. The van der Waals surface area contributed by atoms with Crippen molar-refractivity contribution in [3.05, 3.63) is 28.3 Å². The molecule has 1 saturated heterocycles. The fraction of sp³-hybridized carbons (Fsp3) is 0.600. The van der Waals surface area contributed by atoms with Crippen molar-refractivity contribution < 1.29 is 14.4 Å². The van der Waals surface area contributed by atoms with Crippen molar-refractivity contribution in [3.63, 3.8) is 0 Å². The normalized spacial score (nSPS) is 17.2. The number of hydrogen-bond acceptors (Lipinski definition) is 5. The van der Waals surface area contributed by atoms with Crippen LogP contribution in [0.4, 0.5) is 11.4 Å². The van der Waals surface area contributed by atoms with Crippen molar-refractivity contribution in [2.45, 2.75) is 26.7 Å². The maximum atomic E-state index is 11.0. The molecule has 1 N–H and O–H groups in total. The topological polar surface area (TPSA) is 73.6 Å². The van der Waals surface area contributed by atoms with Gasteiger partial charge in [-0.3, -0.25) is 10.1 Å². The Balaban J connectivity index is 2.09. The van der Waals surface area contributed by atoms with Gasteiger partial charge >= 0.3 is 0 Å². The van der Waals surface area contributed by atoms with E-state index in [-0.39, 0.29) is 11.1 Å². The monoisotopic (exact) mass is 294 g/mol. The van der Waals surface area contributed by atoms with Crippen LogP contribution < -0.4 is 10.1 Å². The molecule has 0 aromatic heterocycles. The van der Waals surface area contributed by atoms with E-state index in [1.165, 1.54) is 6.07 Å². The first kappa shape index (κ1) is 15.6. The van der Waals surface area contributed by atoms with Gasteiger partial charge in [-0.1, -0.05) is 6.92 Å². The summed E-state index contributed by atoms with van der Waals surface area (Å²) in [7, 11) is 0. The number of non-ortho nitro benzene ring substituents is 1. The van der Waals surface area contributed by atoms with E-state index in [0.29, 0.717) is 12.4 Å². The quantitative estimate of drug-likeness (QED) is 0.644. The fourth-order valence-corrected chi connectivity index (χ4v) is 2.40. The van der Waals surface area contributed by atoms with Crippen LogP contribution in [0, 0.1) is 15.5 Å². The molecule has 1 aromatic carbocycles. The van der Waals surface area contributed by atoms with Crippen molar-refractivity contribution in [2.24, 2.45) is 5.41 Å². The van der Waals surface area contributed by atoms with Crippen LogP contribution in [0.15, 0.2) is 18.2 Å². The van der Waals surface area contributed by atoms with Crippen molar-refractivity contribution in [2.75, 3.05) is 31.7 Å². The summed E-state index contributed by atoms with van der Waals surface area (Å²) in [5.74, 6) is 0.520. The number of anilines is 1. The Hall–Kier alpha value is -1.82. The van der Waals surface area contributed by atoms with E-state index in [1.807, 2.05) is 6.92 Å². The molecule has 0 unspecified atom stereocenters. The third kappa shape index (κ3) is 4.32. The van der Waals surface area contributed by atoms with Gasteiger partial charge in [0, 0.05) is 37.6 Å². The van der Waals surface area contributed by atoms with Gasteiger partial charge in [-0.15, -0.1) is 0 Å². The minimum absolute atomic E-state index is 0.0422. The molecule has 0 amide bonds. The Kier molecular flexibility index (Phi) is 5.01. The van der Waals surface area contributed by atoms with E-state index in [2.05, 4.69) is 12.2 Å². The lowest BCUT2D eigenvalue weighted by Gasteiger charge is -2.33. The highest BCUT2D eigenvalue weighted by Gasteiger charge is 2.27. The lowest BCUT2D eigenvalue weighted by atomic mass is 9.82. The first-order chi connectivity index (χ1) is 10.0. The summed E-state index contributed by atoms with van der Waals surface area (Å²) in [4.78, 5) is 10.6. The number of nitrogens with zero attached hydrogens (tertiary/aromatic N) is 1. The standard InChI is InChI=1S/C15H22N2O4/c1-3-21-14-9-12(8-13(10-14)17(18)19)16-11-15(2)4-6-20-7-5-15/h8-10,16H,3-7,11H2,1-2H3. The highest BCUT2D eigenvalue weighted by Crippen LogP contribution is 2.31. The molecule has 0 saturated carbocycles. The van der Waals surface area contributed by atoms with E-state index in [9.17, 15) is 10.1 Å². The lowest BCUT2D eigenvalue weighted by molar-refractivity contribution is -0.384. The number of rotatable bonds is 6. The molecule has 0 bridgehead atoms. The molecule has 21 heavy (non-hydrogen) atoms. The summed E-state index contributed by atoms with van der Waals surface area (Å²) in [6, 6.07) is 4.80. The number of ether oxygens (including phenoxy) is 2. The fourth-order valence-electron chi connectivity index (χ4n) is 2.40. The van der Waals surface area contributed by atoms with Crippen LogP contribution in [0.3, 0.4) is 0 Å². The lowest BCUT2D eigenvalue weighted by Crippen LogP contribution is -2.33. The summed E-state index contributed by atoms with van der Waals surface area (Å²) in [5, 5.41) is 14.3. The van der Waals surface area contributed by atoms with Crippen LogP contribution in [0.1, 0.15) is 26.7 Å². The molecule has 116 valence electrons. The zero-order valence-corrected chi connectivity index (χ0v) is 12.6. The average molecular weight is 294 g/mol. The number of nitro benzene ring substituents is 1. The first-order valence-electron chi connectivity index (χ1n) is 7.26. The molecule has 1 fully saturated rings. The summed E-state index contributed by atoms with van der Waals surface area (Å²) in [6.45, 7) is 6.87. The molecule has 6 nitrogen and oxygen atoms in total. The molecule has 1 heterocycles. The third-order valence-corrected chi connectivity index (χ3v) is 3.83. The molecule has 0 atom stereocenters. The molecule has 1 aliphatic heterocycles. The van der Waals surface area contributed by atoms with E-state index >= 15 is 0 Å². The van der Waals surface area contributed by atoms with Crippen LogP contribution in [-0.2, 0) is 4.74 Å². The summed E-state index contributed by atoms with van der Waals surface area (Å²) in [6.07, 6.45) is 1.99. The molecule has 1 aliphatic rings. The van der Waals surface area contributed by atoms with Gasteiger partial charge in [0.25, 0.3) is 5.69 Å². The van der Waals surface area contributed by atoms with Crippen molar-refractivity contribution >= 4 is 11.4 Å². The molecular formula is C15H22N2O4. The smallest absolute Gasteiger partial charge is 0.275 e. The van der Waals surface area contributed by atoms with Gasteiger partial charge in [0.2, 0.25) is 0 Å². The number of nitro groups is 1. The molecule has 2 rings (SSSR count). The number of nitrogens with one attached hydrogen (secondary N) is 1. The van der Waals surface area contributed by atoms with Gasteiger partial charge < -0.3 is 14.8 Å². The Morgan fingerprint density at radius 3 is 2.71 bits per heavy atom. The molecule has 0 aliphatic carbocycles. The molecular weight excluding hydrogens is 272 g/mol. The largest absolute Gasteiger partial charge is 0.494 e. The van der Waals surface area contributed by atoms with Crippen LogP contribution in [0.25, 0.3) is 0 Å². The molecule has 0 radical (unpaired) electrons. The van der Waals surface area contributed by atoms with Gasteiger partial charge in [-0.25, -0.2) is 0 Å². The zero-order chi connectivity index (χ0) is 15.3. The summed E-state index contributed by atoms with van der Waals surface area (Å²) in [5.41, 5.74) is 0.926. The molecule has 6 heteroatoms. The number of benzene rings is 1. The average Bonchev–Trinajstić information content (AvgIpc) is 2.46. The maximum Gasteiger partial charge on any atom is 0.275 e. The van der Waals surface area contributed by atoms with Crippen molar-refractivity contribution in [3.8, 4) is 5.75 Å². The Morgan fingerprint density at radius 2 is 2.10 bits per heavy atom. The Morgan fingerprint density at radius 1 is 1.38 bits per heavy atom. The van der Waals surface area contributed by atoms with Gasteiger partial charge in [0.15, 0.2) is 0 Å². The second kappa shape index (κ2) is 6.76. The Bertz CT molecular complexity index is 498. The van der Waals surface area contributed by atoms with Crippen LogP contribution in [-0.4, -0.2) is 31.3 Å². The third-order valence-electron chi connectivity index (χ3n) is 3.83. The number of hydrogen-bond donors (Lipinski definition) is 1. The van der Waals surface area contributed by atoms with E-state index in [1.54, 1.807) is 12.1 Å². The second-order valence-electron chi connectivity index (χ2n) is 5.68. The van der Waals surface area contributed by atoms with Gasteiger partial charge in [-0.2, -0.15) is 0 Å². The first-order valence-corrected chi connectivity index (χ1v) is 7.26. The van der Waals surface area contributed by atoms with Gasteiger partial charge in [0.1, 0.15) is 5.75 Å². The molecule has 1 aromatic rings. The highest BCUT2D eigenvalue weighted by atomic mass is 16.6. The summed E-state index contributed by atoms with van der Waals surface area (Å²) >= 11 is 0. The zero-order valence-electron chi connectivity index (χ0n) is 12.6. The van der Waals surface area contributed by atoms with Gasteiger partial charge in [-0.05, 0) is 25.2 Å². The SMILES string of the molecule is CCOc1cc(NCC2(C)CCOCC2)cc([N+](=O)[O-])c1. The van der Waals surface area contributed by atoms with Gasteiger partial charge in [0.05, 0.1) is 17.6 Å². The van der Waals surface area contributed by atoms with Crippen molar-refractivity contribution in [1.29, 1.82) is 0 Å². The van der Waals surface area contributed by atoms with E-state index in [4.69, 9.17) is 9.47 Å². The minimum Gasteiger partial charge on any atom is -0.494 e. The maximum absolute atomic E-state index is 11.0. The van der Waals surface area contributed by atoms with Crippen molar-refractivity contribution in [1.82, 2.24) is 0 Å². The summed E-state index contributed by atoms with van der Waals surface area (Å²) < 4.78 is 10.8. The highest BCUT2D eigenvalue weighted by molar-refractivity contribution is 5.56. The predicted octanol–water partition coefficient (Wildman–Crippen LogP) is 3.22. The van der Waals surface area contributed by atoms with E-state index in [0.717, 1.165) is 38.3 Å². The van der Waals surface area contributed by atoms with Crippen LogP contribution in [0.5, 0.6) is 5.75 Å². The minimum atomic E-state index is -0.399.